The van der Waals surface area contributed by atoms with E-state index in [1.807, 2.05) is 79.1 Å². The smallest absolute Gasteiger partial charge is 0.335 e. The number of nitrogens with one attached hydrogen (secondary N) is 1. The third-order valence-electron chi connectivity index (χ3n) is 6.64. The number of urea groups is 1. The van der Waals surface area contributed by atoms with Crippen molar-refractivity contribution in [2.75, 3.05) is 4.90 Å². The lowest BCUT2D eigenvalue weighted by Gasteiger charge is -2.27. The monoisotopic (exact) mass is 583 g/mol. The van der Waals surface area contributed by atoms with Gasteiger partial charge in [-0.1, -0.05) is 46.3 Å². The van der Waals surface area contributed by atoms with E-state index in [4.69, 9.17) is 4.74 Å². The largest absolute Gasteiger partial charge is 0.489 e. The Kier molecular flexibility index (Phi) is 7.21. The maximum absolute atomic E-state index is 13.3. The Bertz CT molecular complexity index is 1620. The van der Waals surface area contributed by atoms with Crippen LogP contribution in [0.2, 0.25) is 0 Å². The molecule has 0 atom stereocenters. The van der Waals surface area contributed by atoms with Crippen LogP contribution in [0.5, 0.6) is 5.75 Å². The number of hydrogen-bond acceptors (Lipinski definition) is 4. The van der Waals surface area contributed by atoms with Gasteiger partial charge in [-0.2, -0.15) is 0 Å². The van der Waals surface area contributed by atoms with Crippen molar-refractivity contribution in [3.8, 4) is 11.4 Å². The van der Waals surface area contributed by atoms with Crippen LogP contribution < -0.4 is 15.0 Å². The number of anilines is 1. The van der Waals surface area contributed by atoms with Gasteiger partial charge >= 0.3 is 6.03 Å². The van der Waals surface area contributed by atoms with Gasteiger partial charge in [-0.25, -0.2) is 9.69 Å². The van der Waals surface area contributed by atoms with Crippen molar-refractivity contribution in [2.45, 2.75) is 27.4 Å². The van der Waals surface area contributed by atoms with Crippen LogP contribution >= 0.6 is 15.9 Å². The third-order valence-corrected chi connectivity index (χ3v) is 7.17. The fourth-order valence-electron chi connectivity index (χ4n) is 4.62. The highest BCUT2D eigenvalue weighted by molar-refractivity contribution is 9.10. The van der Waals surface area contributed by atoms with E-state index in [0.29, 0.717) is 17.9 Å². The second-order valence-electron chi connectivity index (χ2n) is 9.32. The van der Waals surface area contributed by atoms with Crippen LogP contribution in [0.25, 0.3) is 11.8 Å². The lowest BCUT2D eigenvalue weighted by molar-refractivity contribution is -0.122. The zero-order chi connectivity index (χ0) is 27.7. The van der Waals surface area contributed by atoms with Crippen molar-refractivity contribution in [1.82, 2.24) is 9.88 Å². The minimum absolute atomic E-state index is 0.102. The molecule has 0 spiro atoms. The molecule has 7 nitrogen and oxygen atoms in total. The van der Waals surface area contributed by atoms with Gasteiger partial charge in [0.2, 0.25) is 0 Å². The topological polar surface area (TPSA) is 80.6 Å². The minimum Gasteiger partial charge on any atom is -0.489 e. The predicted molar refractivity (Wildman–Crippen MR) is 154 cm³/mol. The van der Waals surface area contributed by atoms with Crippen LogP contribution in [-0.4, -0.2) is 22.4 Å². The molecule has 1 fully saturated rings. The molecule has 8 heteroatoms. The quantitative estimate of drug-likeness (QED) is 0.210. The van der Waals surface area contributed by atoms with Gasteiger partial charge < -0.3 is 9.30 Å². The van der Waals surface area contributed by atoms with Crippen molar-refractivity contribution in [1.29, 1.82) is 0 Å². The Morgan fingerprint density at radius 1 is 0.897 bits per heavy atom. The first kappa shape index (κ1) is 26.2. The van der Waals surface area contributed by atoms with Gasteiger partial charge in [0.15, 0.2) is 0 Å². The molecule has 1 aliphatic heterocycles. The van der Waals surface area contributed by atoms with E-state index in [1.165, 1.54) is 0 Å². The summed E-state index contributed by atoms with van der Waals surface area (Å²) in [6, 6.07) is 23.9. The summed E-state index contributed by atoms with van der Waals surface area (Å²) in [5, 5.41) is 2.30. The maximum atomic E-state index is 13.3. The lowest BCUT2D eigenvalue weighted by Crippen LogP contribution is -2.54. The molecule has 39 heavy (non-hydrogen) atoms. The van der Waals surface area contributed by atoms with Crippen LogP contribution in [0, 0.1) is 20.8 Å². The number of aryl methyl sites for hydroxylation is 2. The van der Waals surface area contributed by atoms with Crippen LogP contribution in [0.4, 0.5) is 10.5 Å². The van der Waals surface area contributed by atoms with E-state index < -0.39 is 17.8 Å². The molecule has 0 aliphatic carbocycles. The first-order chi connectivity index (χ1) is 18.7. The first-order valence-electron chi connectivity index (χ1n) is 12.4. The first-order valence-corrected chi connectivity index (χ1v) is 13.2. The fraction of sp³-hybridized carbons (Fsp3) is 0.129. The average molecular weight is 584 g/mol. The van der Waals surface area contributed by atoms with Crippen LogP contribution in [0.1, 0.15) is 28.1 Å². The Balaban J connectivity index is 1.40. The number of ether oxygens (including phenoxy) is 1. The number of aromatic nitrogens is 1. The van der Waals surface area contributed by atoms with Crippen LogP contribution in [0.3, 0.4) is 0 Å². The number of benzene rings is 3. The Morgan fingerprint density at radius 3 is 2.28 bits per heavy atom. The molecule has 3 aromatic carbocycles. The van der Waals surface area contributed by atoms with E-state index in [2.05, 4.69) is 21.2 Å². The number of para-hydroxylation sites is 1. The average Bonchev–Trinajstić information content (AvgIpc) is 3.20. The van der Waals surface area contributed by atoms with Gasteiger partial charge in [-0.3, -0.25) is 14.9 Å². The number of carbonyl (C=O) groups excluding carboxylic acids is 3. The second kappa shape index (κ2) is 10.7. The molecule has 2 heterocycles. The van der Waals surface area contributed by atoms with E-state index in [0.717, 1.165) is 43.3 Å². The molecule has 0 saturated carbocycles. The summed E-state index contributed by atoms with van der Waals surface area (Å²) < 4.78 is 8.99. The molecule has 0 radical (unpaired) electrons. The van der Waals surface area contributed by atoms with E-state index >= 15 is 0 Å². The highest BCUT2D eigenvalue weighted by Gasteiger charge is 2.37. The van der Waals surface area contributed by atoms with Crippen LogP contribution in [0.15, 0.2) is 88.9 Å². The zero-order valence-electron chi connectivity index (χ0n) is 21.7. The van der Waals surface area contributed by atoms with Crippen molar-refractivity contribution < 1.29 is 19.1 Å². The van der Waals surface area contributed by atoms with Crippen LogP contribution in [-0.2, 0) is 16.2 Å². The van der Waals surface area contributed by atoms with E-state index in [9.17, 15) is 14.4 Å². The molecule has 1 saturated heterocycles. The van der Waals surface area contributed by atoms with E-state index in [-0.39, 0.29) is 5.57 Å². The van der Waals surface area contributed by atoms with Crippen molar-refractivity contribution in [2.24, 2.45) is 0 Å². The number of barbiturate groups is 1. The number of imide groups is 2. The summed E-state index contributed by atoms with van der Waals surface area (Å²) >= 11 is 3.44. The number of hydrogen-bond donors (Lipinski definition) is 1. The standard InChI is InChI=1S/C31H26BrN3O4/c1-19-6-4-5-7-28(19)35-30(37)27(29(36)33-31(35)38)17-23-16-20(2)34(21(23)3)25-12-14-26(15-13-25)39-18-22-8-10-24(32)11-9-22/h4-17H,18H2,1-3H3,(H,33,36,38)/b27-17+. The summed E-state index contributed by atoms with van der Waals surface area (Å²) in [6.07, 6.45) is 1.55. The number of carbonyl (C=O) groups is 3. The number of amides is 4. The molecule has 0 unspecified atom stereocenters. The van der Waals surface area contributed by atoms with Gasteiger partial charge in [0.05, 0.1) is 5.69 Å². The van der Waals surface area contributed by atoms with Gasteiger partial charge in [-0.05, 0) is 92.1 Å². The van der Waals surface area contributed by atoms with Crippen molar-refractivity contribution >= 4 is 45.5 Å². The minimum atomic E-state index is -0.760. The molecular formula is C31H26BrN3O4. The number of rotatable bonds is 6. The van der Waals surface area contributed by atoms with Gasteiger partial charge in [0, 0.05) is 21.5 Å². The normalized spacial score (nSPS) is 14.6. The SMILES string of the molecule is Cc1ccccc1N1C(=O)NC(=O)/C(=C\c2cc(C)n(-c3ccc(OCc4ccc(Br)cc4)cc3)c2C)C1=O. The molecule has 4 aromatic rings. The summed E-state index contributed by atoms with van der Waals surface area (Å²) in [7, 11) is 0. The molecule has 5 rings (SSSR count). The molecule has 196 valence electrons. The molecule has 4 amide bonds. The highest BCUT2D eigenvalue weighted by Crippen LogP contribution is 2.28. The number of halogens is 1. The molecular weight excluding hydrogens is 558 g/mol. The highest BCUT2D eigenvalue weighted by atomic mass is 79.9. The lowest BCUT2D eigenvalue weighted by atomic mass is 10.1. The van der Waals surface area contributed by atoms with Gasteiger partial charge in [0.1, 0.15) is 17.9 Å². The summed E-state index contributed by atoms with van der Waals surface area (Å²) in [5.41, 5.74) is 5.56. The molecule has 0 bridgehead atoms. The fourth-order valence-corrected chi connectivity index (χ4v) is 4.88. The van der Waals surface area contributed by atoms with Gasteiger partial charge in [0.25, 0.3) is 11.8 Å². The zero-order valence-corrected chi connectivity index (χ0v) is 23.3. The summed E-state index contributed by atoms with van der Waals surface area (Å²) in [5.74, 6) is -0.626. The molecule has 1 aromatic heterocycles. The van der Waals surface area contributed by atoms with Gasteiger partial charge in [-0.15, -0.1) is 0 Å². The van der Waals surface area contributed by atoms with Crippen molar-refractivity contribution in [3.05, 3.63) is 117 Å². The maximum Gasteiger partial charge on any atom is 0.335 e. The predicted octanol–water partition coefficient (Wildman–Crippen LogP) is 6.41. The third kappa shape index (κ3) is 5.28. The second-order valence-corrected chi connectivity index (χ2v) is 10.2. The molecule has 1 N–H and O–H groups in total. The Hall–Kier alpha value is -4.43. The molecule has 1 aliphatic rings. The van der Waals surface area contributed by atoms with E-state index in [1.54, 1.807) is 31.2 Å². The van der Waals surface area contributed by atoms with Crippen molar-refractivity contribution in [3.63, 3.8) is 0 Å². The Labute approximate surface area is 234 Å². The summed E-state index contributed by atoms with van der Waals surface area (Å²) in [6.45, 7) is 6.15. The Morgan fingerprint density at radius 2 is 1.59 bits per heavy atom. The number of nitrogens with zero attached hydrogens (tertiary/aromatic N) is 2. The summed E-state index contributed by atoms with van der Waals surface area (Å²) in [4.78, 5) is 39.6.